The van der Waals surface area contributed by atoms with Crippen LogP contribution in [0.2, 0.25) is 0 Å². The highest BCUT2D eigenvalue weighted by molar-refractivity contribution is 5.96. The number of rotatable bonds is 2. The van der Waals surface area contributed by atoms with Crippen molar-refractivity contribution in [3.05, 3.63) is 29.3 Å². The minimum absolute atomic E-state index is 0. The third-order valence-corrected chi connectivity index (χ3v) is 3.80. The van der Waals surface area contributed by atoms with Crippen LogP contribution >= 0.6 is 12.4 Å². The second-order valence-corrected chi connectivity index (χ2v) is 5.25. The molecule has 2 rings (SSSR count). The van der Waals surface area contributed by atoms with Crippen LogP contribution in [0.15, 0.2) is 18.2 Å². The monoisotopic (exact) mass is 282 g/mol. The van der Waals surface area contributed by atoms with Crippen LogP contribution in [0.3, 0.4) is 0 Å². The molecule has 0 aliphatic carbocycles. The summed E-state index contributed by atoms with van der Waals surface area (Å²) in [7, 11) is 2.04. The van der Waals surface area contributed by atoms with Gasteiger partial charge in [-0.3, -0.25) is 9.69 Å². The Bertz CT molecular complexity index is 428. The van der Waals surface area contributed by atoms with Gasteiger partial charge in [-0.05, 0) is 51.4 Å². The molecule has 1 heterocycles. The van der Waals surface area contributed by atoms with Crippen LogP contribution in [-0.2, 0) is 4.79 Å². The zero-order valence-electron chi connectivity index (χ0n) is 11.9. The topological polar surface area (TPSA) is 32.3 Å². The summed E-state index contributed by atoms with van der Waals surface area (Å²) >= 11 is 0. The van der Waals surface area contributed by atoms with Crippen molar-refractivity contribution >= 4 is 24.0 Å². The van der Waals surface area contributed by atoms with E-state index in [1.807, 2.05) is 39.1 Å². The molecular formula is C15H23ClN2O. The van der Waals surface area contributed by atoms with E-state index in [-0.39, 0.29) is 24.4 Å². The Balaban J connectivity index is 0.00000180. The number of amides is 1. The van der Waals surface area contributed by atoms with Crippen molar-refractivity contribution in [2.75, 3.05) is 18.9 Å². The molecule has 1 fully saturated rings. The Morgan fingerprint density at radius 1 is 1.26 bits per heavy atom. The lowest BCUT2D eigenvalue weighted by Crippen LogP contribution is -2.44. The summed E-state index contributed by atoms with van der Waals surface area (Å²) in [4.78, 5) is 14.5. The molecule has 0 bridgehead atoms. The molecule has 0 aromatic heterocycles. The molecule has 1 aliphatic rings. The highest BCUT2D eigenvalue weighted by Crippen LogP contribution is 2.22. The van der Waals surface area contributed by atoms with E-state index in [4.69, 9.17) is 0 Å². The second kappa shape index (κ2) is 6.92. The van der Waals surface area contributed by atoms with Crippen molar-refractivity contribution in [3.63, 3.8) is 0 Å². The fourth-order valence-corrected chi connectivity index (χ4v) is 2.62. The lowest BCUT2D eigenvalue weighted by molar-refractivity contribution is -0.121. The number of hydrogen-bond donors (Lipinski definition) is 1. The van der Waals surface area contributed by atoms with Gasteiger partial charge < -0.3 is 5.32 Å². The van der Waals surface area contributed by atoms with Gasteiger partial charge in [0, 0.05) is 5.69 Å². The number of likely N-dealkylation sites (tertiary alicyclic amines) is 1. The van der Waals surface area contributed by atoms with Crippen molar-refractivity contribution in [2.24, 2.45) is 0 Å². The molecule has 1 aromatic rings. The fourth-order valence-electron chi connectivity index (χ4n) is 2.62. The molecule has 1 atom stereocenters. The molecule has 0 saturated carbocycles. The van der Waals surface area contributed by atoms with Gasteiger partial charge >= 0.3 is 0 Å². The molecule has 19 heavy (non-hydrogen) atoms. The predicted octanol–water partition coefficient (Wildman–Crippen LogP) is 3.15. The number of likely N-dealkylation sites (N-methyl/N-ethyl adjacent to an activating group) is 1. The van der Waals surface area contributed by atoms with E-state index in [0.29, 0.717) is 0 Å². The summed E-state index contributed by atoms with van der Waals surface area (Å²) in [5, 5.41) is 3.10. The third-order valence-electron chi connectivity index (χ3n) is 3.80. The molecular weight excluding hydrogens is 260 g/mol. The minimum atomic E-state index is 0. The van der Waals surface area contributed by atoms with E-state index in [1.165, 1.54) is 6.42 Å². The third kappa shape index (κ3) is 3.71. The summed E-state index contributed by atoms with van der Waals surface area (Å²) < 4.78 is 0. The Morgan fingerprint density at radius 3 is 2.47 bits per heavy atom. The fraction of sp³-hybridized carbons (Fsp3) is 0.533. The van der Waals surface area contributed by atoms with Crippen molar-refractivity contribution in [2.45, 2.75) is 39.2 Å². The first-order valence-corrected chi connectivity index (χ1v) is 6.67. The van der Waals surface area contributed by atoms with E-state index in [2.05, 4.69) is 10.2 Å². The molecule has 106 valence electrons. The minimum Gasteiger partial charge on any atom is -0.324 e. The average molecular weight is 283 g/mol. The lowest BCUT2D eigenvalue weighted by atomic mass is 10.0. The molecule has 1 saturated heterocycles. The summed E-state index contributed by atoms with van der Waals surface area (Å²) in [5.41, 5.74) is 3.23. The first kappa shape index (κ1) is 16.0. The molecule has 1 aromatic carbocycles. The maximum atomic E-state index is 12.3. The number of halogens is 1. The number of nitrogens with one attached hydrogen (secondary N) is 1. The number of para-hydroxylation sites is 1. The van der Waals surface area contributed by atoms with Crippen LogP contribution in [0.1, 0.15) is 30.4 Å². The van der Waals surface area contributed by atoms with E-state index >= 15 is 0 Å². The Morgan fingerprint density at radius 2 is 1.89 bits per heavy atom. The van der Waals surface area contributed by atoms with Gasteiger partial charge in [-0.15, -0.1) is 12.4 Å². The number of carbonyl (C=O) groups is 1. The SMILES string of the molecule is Cc1cccc(C)c1NC(=O)[C@@H]1CCCCN1C.Cl. The van der Waals surface area contributed by atoms with E-state index in [1.54, 1.807) is 0 Å². The summed E-state index contributed by atoms with van der Waals surface area (Å²) in [5.74, 6) is 0.134. The molecule has 1 amide bonds. The number of nitrogens with zero attached hydrogens (tertiary/aromatic N) is 1. The molecule has 1 aliphatic heterocycles. The van der Waals surface area contributed by atoms with Crippen LogP contribution in [0.5, 0.6) is 0 Å². The number of benzene rings is 1. The van der Waals surface area contributed by atoms with Crippen molar-refractivity contribution in [3.8, 4) is 0 Å². The van der Waals surface area contributed by atoms with Crippen LogP contribution < -0.4 is 5.32 Å². The number of hydrogen-bond acceptors (Lipinski definition) is 2. The Labute approximate surface area is 121 Å². The molecule has 4 heteroatoms. The van der Waals surface area contributed by atoms with E-state index in [0.717, 1.165) is 36.2 Å². The normalized spacial score (nSPS) is 19.6. The maximum Gasteiger partial charge on any atom is 0.241 e. The van der Waals surface area contributed by atoms with E-state index in [9.17, 15) is 4.79 Å². The molecule has 0 radical (unpaired) electrons. The Hall–Kier alpha value is -1.06. The highest BCUT2D eigenvalue weighted by atomic mass is 35.5. The van der Waals surface area contributed by atoms with Gasteiger partial charge in [0.2, 0.25) is 5.91 Å². The van der Waals surface area contributed by atoms with Gasteiger partial charge in [0.05, 0.1) is 6.04 Å². The van der Waals surface area contributed by atoms with Gasteiger partial charge in [0.1, 0.15) is 0 Å². The van der Waals surface area contributed by atoms with Crippen LogP contribution in [0.25, 0.3) is 0 Å². The van der Waals surface area contributed by atoms with Crippen molar-refractivity contribution in [1.82, 2.24) is 4.90 Å². The number of anilines is 1. The van der Waals surface area contributed by atoms with Gasteiger partial charge in [-0.1, -0.05) is 24.6 Å². The summed E-state index contributed by atoms with van der Waals surface area (Å²) in [6.45, 7) is 5.09. The smallest absolute Gasteiger partial charge is 0.241 e. The standard InChI is InChI=1S/C15H22N2O.ClH/c1-11-7-6-8-12(2)14(11)16-15(18)13-9-4-5-10-17(13)3;/h6-8,13H,4-5,9-10H2,1-3H3,(H,16,18);1H/t13-;/m0./s1. The zero-order chi connectivity index (χ0) is 13.1. The summed E-state index contributed by atoms with van der Waals surface area (Å²) in [6, 6.07) is 6.12. The maximum absolute atomic E-state index is 12.3. The van der Waals surface area contributed by atoms with Crippen LogP contribution in [-0.4, -0.2) is 30.4 Å². The average Bonchev–Trinajstić information content (AvgIpc) is 2.34. The number of carbonyl (C=O) groups excluding carboxylic acids is 1. The second-order valence-electron chi connectivity index (χ2n) is 5.25. The first-order valence-electron chi connectivity index (χ1n) is 6.67. The van der Waals surface area contributed by atoms with Crippen molar-refractivity contribution < 1.29 is 4.79 Å². The largest absolute Gasteiger partial charge is 0.324 e. The van der Waals surface area contributed by atoms with Gasteiger partial charge in [-0.25, -0.2) is 0 Å². The van der Waals surface area contributed by atoms with Gasteiger partial charge in [-0.2, -0.15) is 0 Å². The van der Waals surface area contributed by atoms with Crippen molar-refractivity contribution in [1.29, 1.82) is 0 Å². The lowest BCUT2D eigenvalue weighted by Gasteiger charge is -2.31. The molecule has 0 unspecified atom stereocenters. The summed E-state index contributed by atoms with van der Waals surface area (Å²) in [6.07, 6.45) is 3.31. The first-order chi connectivity index (χ1) is 8.59. The predicted molar refractivity (Wildman–Crippen MR) is 82.1 cm³/mol. The molecule has 1 N–H and O–H groups in total. The zero-order valence-corrected chi connectivity index (χ0v) is 12.7. The highest BCUT2D eigenvalue weighted by Gasteiger charge is 2.26. The van der Waals surface area contributed by atoms with E-state index < -0.39 is 0 Å². The molecule has 3 nitrogen and oxygen atoms in total. The quantitative estimate of drug-likeness (QED) is 0.904. The number of aryl methyl sites for hydroxylation is 2. The van der Waals surface area contributed by atoms with Gasteiger partial charge in [0.15, 0.2) is 0 Å². The number of piperidine rings is 1. The Kier molecular flexibility index (Phi) is 5.83. The van der Waals surface area contributed by atoms with Crippen LogP contribution in [0.4, 0.5) is 5.69 Å². The van der Waals surface area contributed by atoms with Gasteiger partial charge in [0.25, 0.3) is 0 Å². The van der Waals surface area contributed by atoms with Crippen LogP contribution in [0, 0.1) is 13.8 Å². The molecule has 0 spiro atoms.